The number of pyridine rings is 1. The lowest BCUT2D eigenvalue weighted by molar-refractivity contribution is 0.0708. The van der Waals surface area contributed by atoms with Gasteiger partial charge in [0.15, 0.2) is 0 Å². The van der Waals surface area contributed by atoms with E-state index in [0.717, 1.165) is 29.8 Å². The number of aliphatic hydroxyl groups is 1. The molecule has 106 valence electrons. The molecule has 1 aromatic carbocycles. The molecule has 0 aliphatic heterocycles. The maximum atomic E-state index is 10.7. The van der Waals surface area contributed by atoms with Crippen molar-refractivity contribution in [3.63, 3.8) is 0 Å². The molecule has 1 N–H and O–H groups in total. The summed E-state index contributed by atoms with van der Waals surface area (Å²) in [6.45, 7) is 2.27. The van der Waals surface area contributed by atoms with E-state index < -0.39 is 6.10 Å². The SMILES string of the molecule is CCC1CCC(C(O)c2nccc3ccccc23)CC1. The second kappa shape index (κ2) is 5.92. The van der Waals surface area contributed by atoms with Crippen LogP contribution in [0.15, 0.2) is 36.5 Å². The van der Waals surface area contributed by atoms with Crippen LogP contribution in [0.3, 0.4) is 0 Å². The Hall–Kier alpha value is -1.41. The maximum Gasteiger partial charge on any atom is 0.0994 e. The highest BCUT2D eigenvalue weighted by Gasteiger charge is 2.28. The van der Waals surface area contributed by atoms with Crippen molar-refractivity contribution in [2.45, 2.75) is 45.1 Å². The van der Waals surface area contributed by atoms with Crippen LogP contribution in [0, 0.1) is 11.8 Å². The smallest absolute Gasteiger partial charge is 0.0994 e. The van der Waals surface area contributed by atoms with E-state index in [1.165, 1.54) is 24.6 Å². The Labute approximate surface area is 120 Å². The van der Waals surface area contributed by atoms with Crippen molar-refractivity contribution in [3.8, 4) is 0 Å². The number of hydrogen-bond acceptors (Lipinski definition) is 2. The van der Waals surface area contributed by atoms with Crippen LogP contribution in [-0.4, -0.2) is 10.1 Å². The van der Waals surface area contributed by atoms with Crippen LogP contribution < -0.4 is 0 Å². The van der Waals surface area contributed by atoms with Gasteiger partial charge in [0.1, 0.15) is 0 Å². The first-order chi connectivity index (χ1) is 9.79. The summed E-state index contributed by atoms with van der Waals surface area (Å²) < 4.78 is 0. The summed E-state index contributed by atoms with van der Waals surface area (Å²) in [5, 5.41) is 13.0. The molecule has 0 amide bonds. The first-order valence-electron chi connectivity index (χ1n) is 7.81. The topological polar surface area (TPSA) is 33.1 Å². The molecule has 3 rings (SSSR count). The Bertz CT molecular complexity index is 567. The molecule has 0 saturated heterocycles. The Balaban J connectivity index is 1.84. The average molecular weight is 269 g/mol. The summed E-state index contributed by atoms with van der Waals surface area (Å²) in [4.78, 5) is 4.47. The lowest BCUT2D eigenvalue weighted by Gasteiger charge is -2.31. The second-order valence-electron chi connectivity index (χ2n) is 6.05. The van der Waals surface area contributed by atoms with Crippen molar-refractivity contribution in [1.82, 2.24) is 4.98 Å². The molecule has 2 heteroatoms. The maximum absolute atomic E-state index is 10.7. The minimum Gasteiger partial charge on any atom is -0.386 e. The van der Waals surface area contributed by atoms with Crippen molar-refractivity contribution < 1.29 is 5.11 Å². The number of rotatable bonds is 3. The molecule has 1 aliphatic carbocycles. The third-order valence-electron chi connectivity index (χ3n) is 4.90. The first-order valence-corrected chi connectivity index (χ1v) is 7.81. The Morgan fingerprint density at radius 3 is 2.65 bits per heavy atom. The van der Waals surface area contributed by atoms with E-state index in [4.69, 9.17) is 0 Å². The number of hydrogen-bond donors (Lipinski definition) is 1. The van der Waals surface area contributed by atoms with Crippen molar-refractivity contribution in [1.29, 1.82) is 0 Å². The second-order valence-corrected chi connectivity index (χ2v) is 6.05. The van der Waals surface area contributed by atoms with Gasteiger partial charge in [-0.3, -0.25) is 4.98 Å². The predicted octanol–water partition coefficient (Wildman–Crippen LogP) is 4.48. The average Bonchev–Trinajstić information content (AvgIpc) is 2.54. The molecule has 2 aromatic rings. The summed E-state index contributed by atoms with van der Waals surface area (Å²) in [5.41, 5.74) is 0.864. The molecule has 1 atom stereocenters. The van der Waals surface area contributed by atoms with E-state index in [0.29, 0.717) is 5.92 Å². The fourth-order valence-electron chi connectivity index (χ4n) is 3.51. The highest BCUT2D eigenvalue weighted by atomic mass is 16.3. The van der Waals surface area contributed by atoms with Crippen LogP contribution in [0.5, 0.6) is 0 Å². The fraction of sp³-hybridized carbons (Fsp3) is 0.500. The summed E-state index contributed by atoms with van der Waals surface area (Å²) >= 11 is 0. The minimum absolute atomic E-state index is 0.371. The van der Waals surface area contributed by atoms with E-state index in [-0.39, 0.29) is 0 Å². The van der Waals surface area contributed by atoms with Gasteiger partial charge >= 0.3 is 0 Å². The van der Waals surface area contributed by atoms with Crippen LogP contribution in [0.4, 0.5) is 0 Å². The third-order valence-corrected chi connectivity index (χ3v) is 4.90. The highest BCUT2D eigenvalue weighted by Crippen LogP contribution is 2.38. The third kappa shape index (κ3) is 2.57. The van der Waals surface area contributed by atoms with Gasteiger partial charge in [-0.15, -0.1) is 0 Å². The molecule has 1 aliphatic rings. The van der Waals surface area contributed by atoms with Crippen LogP contribution >= 0.6 is 0 Å². The zero-order valence-corrected chi connectivity index (χ0v) is 12.1. The van der Waals surface area contributed by atoms with Crippen molar-refractivity contribution in [2.24, 2.45) is 11.8 Å². The zero-order valence-electron chi connectivity index (χ0n) is 12.1. The molecular weight excluding hydrogens is 246 g/mol. The molecule has 1 unspecified atom stereocenters. The Morgan fingerprint density at radius 2 is 1.90 bits per heavy atom. The van der Waals surface area contributed by atoms with Gasteiger partial charge in [-0.2, -0.15) is 0 Å². The van der Waals surface area contributed by atoms with Crippen molar-refractivity contribution in [2.75, 3.05) is 0 Å². The van der Waals surface area contributed by atoms with Crippen molar-refractivity contribution in [3.05, 3.63) is 42.2 Å². The summed E-state index contributed by atoms with van der Waals surface area (Å²) in [6.07, 6.45) is 7.44. The van der Waals surface area contributed by atoms with E-state index in [2.05, 4.69) is 24.0 Å². The van der Waals surface area contributed by atoms with Gasteiger partial charge in [0.25, 0.3) is 0 Å². The molecule has 0 spiro atoms. The number of aromatic nitrogens is 1. The molecule has 2 nitrogen and oxygen atoms in total. The van der Waals surface area contributed by atoms with Crippen LogP contribution in [-0.2, 0) is 0 Å². The lowest BCUT2D eigenvalue weighted by atomic mass is 9.77. The van der Waals surface area contributed by atoms with Crippen LogP contribution in [0.2, 0.25) is 0 Å². The Kier molecular flexibility index (Phi) is 4.02. The fourth-order valence-corrected chi connectivity index (χ4v) is 3.51. The number of aliphatic hydroxyl groups excluding tert-OH is 1. The summed E-state index contributed by atoms with van der Waals surface area (Å²) in [6, 6.07) is 10.2. The van der Waals surface area contributed by atoms with Gasteiger partial charge in [-0.1, -0.05) is 50.5 Å². The first kappa shape index (κ1) is 13.6. The summed E-state index contributed by atoms with van der Waals surface area (Å²) in [7, 11) is 0. The molecule has 1 fully saturated rings. The standard InChI is InChI=1S/C18H23NO/c1-2-13-7-9-15(10-8-13)18(20)17-16-6-4-3-5-14(16)11-12-19-17/h3-6,11-13,15,18,20H,2,7-10H2,1H3. The van der Waals surface area contributed by atoms with Gasteiger partial charge in [0.2, 0.25) is 0 Å². The molecule has 1 aromatic heterocycles. The largest absolute Gasteiger partial charge is 0.386 e. The molecular formula is C18H23NO. The molecule has 1 heterocycles. The van der Waals surface area contributed by atoms with Crippen molar-refractivity contribution >= 4 is 10.8 Å². The molecule has 20 heavy (non-hydrogen) atoms. The number of nitrogens with zero attached hydrogens (tertiary/aromatic N) is 1. The minimum atomic E-state index is -0.418. The Morgan fingerprint density at radius 1 is 1.15 bits per heavy atom. The van der Waals surface area contributed by atoms with E-state index >= 15 is 0 Å². The highest BCUT2D eigenvalue weighted by molar-refractivity contribution is 5.84. The lowest BCUT2D eigenvalue weighted by Crippen LogP contribution is -2.21. The van der Waals surface area contributed by atoms with Crippen LogP contribution in [0.25, 0.3) is 10.8 Å². The normalized spacial score (nSPS) is 24.7. The number of benzene rings is 1. The van der Waals surface area contributed by atoms with E-state index in [9.17, 15) is 5.11 Å². The summed E-state index contributed by atoms with van der Waals surface area (Å²) in [5.74, 6) is 1.23. The predicted molar refractivity (Wildman–Crippen MR) is 82.4 cm³/mol. The van der Waals surface area contributed by atoms with Crippen LogP contribution in [0.1, 0.15) is 50.8 Å². The molecule has 0 radical (unpaired) electrons. The quantitative estimate of drug-likeness (QED) is 0.891. The monoisotopic (exact) mass is 269 g/mol. The molecule has 1 saturated carbocycles. The van der Waals surface area contributed by atoms with Gasteiger partial charge in [-0.25, -0.2) is 0 Å². The number of fused-ring (bicyclic) bond motifs is 1. The van der Waals surface area contributed by atoms with Gasteiger partial charge < -0.3 is 5.11 Å². The molecule has 0 bridgehead atoms. The van der Waals surface area contributed by atoms with E-state index in [1.807, 2.05) is 24.4 Å². The zero-order chi connectivity index (χ0) is 13.9. The van der Waals surface area contributed by atoms with Gasteiger partial charge in [-0.05, 0) is 36.1 Å². The van der Waals surface area contributed by atoms with E-state index in [1.54, 1.807) is 0 Å². The van der Waals surface area contributed by atoms with Gasteiger partial charge in [0, 0.05) is 11.6 Å². The van der Waals surface area contributed by atoms with Gasteiger partial charge in [0.05, 0.1) is 11.8 Å².